The molecule has 1 aromatic carbocycles. The van der Waals surface area contributed by atoms with E-state index in [9.17, 15) is 4.79 Å². The molecule has 0 bridgehead atoms. The van der Waals surface area contributed by atoms with Crippen molar-refractivity contribution < 1.29 is 9.53 Å². The quantitative estimate of drug-likeness (QED) is 0.829. The highest BCUT2D eigenvalue weighted by Crippen LogP contribution is 2.21. The van der Waals surface area contributed by atoms with Crippen LogP contribution in [0.25, 0.3) is 0 Å². The summed E-state index contributed by atoms with van der Waals surface area (Å²) in [7, 11) is 0. The highest BCUT2D eigenvalue weighted by Gasteiger charge is 2.18. The van der Waals surface area contributed by atoms with E-state index in [2.05, 4.69) is 0 Å². The van der Waals surface area contributed by atoms with Gasteiger partial charge in [0.05, 0.1) is 0 Å². The minimum absolute atomic E-state index is 0.0665. The second-order valence-corrected chi connectivity index (χ2v) is 4.72. The predicted molar refractivity (Wildman–Crippen MR) is 67.5 cm³/mol. The summed E-state index contributed by atoms with van der Waals surface area (Å²) in [6.45, 7) is 3.76. The molecule has 1 saturated heterocycles. The molecule has 0 spiro atoms. The number of hydrogen-bond donors (Lipinski definition) is 0. The maximum atomic E-state index is 11.8. The van der Waals surface area contributed by atoms with Crippen molar-refractivity contribution in [3.63, 3.8) is 0 Å². The molecule has 0 N–H and O–H groups in total. The third-order valence-corrected chi connectivity index (χ3v) is 3.18. The van der Waals surface area contributed by atoms with Crippen molar-refractivity contribution in [2.75, 3.05) is 19.7 Å². The average Bonchev–Trinajstić information content (AvgIpc) is 2.81. The van der Waals surface area contributed by atoms with Crippen LogP contribution in [0.5, 0.6) is 5.75 Å². The third-order valence-electron chi connectivity index (χ3n) is 2.95. The van der Waals surface area contributed by atoms with E-state index < -0.39 is 0 Å². The monoisotopic (exact) mass is 253 g/mol. The number of aryl methyl sites for hydroxylation is 1. The van der Waals surface area contributed by atoms with Gasteiger partial charge in [-0.15, -0.1) is 0 Å². The molecule has 0 radical (unpaired) electrons. The molecule has 0 atom stereocenters. The summed E-state index contributed by atoms with van der Waals surface area (Å²) in [4.78, 5) is 13.6. The third kappa shape index (κ3) is 3.13. The van der Waals surface area contributed by atoms with Crippen LogP contribution in [-0.4, -0.2) is 30.5 Å². The van der Waals surface area contributed by atoms with Crippen LogP contribution in [-0.2, 0) is 4.79 Å². The van der Waals surface area contributed by atoms with Crippen LogP contribution in [0, 0.1) is 6.92 Å². The number of likely N-dealkylation sites (tertiary alicyclic amines) is 1. The second-order valence-electron chi connectivity index (χ2n) is 4.29. The van der Waals surface area contributed by atoms with Gasteiger partial charge in [0.2, 0.25) is 0 Å². The molecule has 3 nitrogen and oxygen atoms in total. The summed E-state index contributed by atoms with van der Waals surface area (Å²) in [5.74, 6) is 0.791. The number of nitrogens with zero attached hydrogens (tertiary/aromatic N) is 1. The fraction of sp³-hybridized carbons (Fsp3) is 0.462. The van der Waals surface area contributed by atoms with E-state index in [1.54, 1.807) is 12.1 Å². The Labute approximate surface area is 106 Å². The molecule has 0 saturated carbocycles. The van der Waals surface area contributed by atoms with Gasteiger partial charge in [-0.1, -0.05) is 11.6 Å². The number of hydrogen-bond acceptors (Lipinski definition) is 2. The van der Waals surface area contributed by atoms with Gasteiger partial charge >= 0.3 is 0 Å². The van der Waals surface area contributed by atoms with Gasteiger partial charge in [0.15, 0.2) is 6.61 Å². The fourth-order valence-corrected chi connectivity index (χ4v) is 2.20. The maximum absolute atomic E-state index is 11.8. The van der Waals surface area contributed by atoms with E-state index in [-0.39, 0.29) is 12.5 Å². The molecule has 92 valence electrons. The number of rotatable bonds is 3. The molecule has 4 heteroatoms. The molecule has 17 heavy (non-hydrogen) atoms. The first kappa shape index (κ1) is 12.2. The van der Waals surface area contributed by atoms with Crippen molar-refractivity contribution in [2.45, 2.75) is 19.8 Å². The van der Waals surface area contributed by atoms with E-state index in [0.717, 1.165) is 37.2 Å². The van der Waals surface area contributed by atoms with Crippen LogP contribution < -0.4 is 4.74 Å². The van der Waals surface area contributed by atoms with Gasteiger partial charge in [-0.3, -0.25) is 4.79 Å². The molecule has 1 aliphatic rings. The van der Waals surface area contributed by atoms with E-state index in [4.69, 9.17) is 16.3 Å². The summed E-state index contributed by atoms with van der Waals surface area (Å²) in [5, 5.41) is 0.681. The minimum Gasteiger partial charge on any atom is -0.483 e. The smallest absolute Gasteiger partial charge is 0.260 e. The van der Waals surface area contributed by atoms with Crippen LogP contribution in [0.4, 0.5) is 0 Å². The maximum Gasteiger partial charge on any atom is 0.260 e. The Morgan fingerprint density at radius 3 is 2.76 bits per heavy atom. The Morgan fingerprint density at radius 1 is 1.41 bits per heavy atom. The van der Waals surface area contributed by atoms with Gasteiger partial charge in [-0.05, 0) is 43.5 Å². The topological polar surface area (TPSA) is 29.5 Å². The lowest BCUT2D eigenvalue weighted by Crippen LogP contribution is -2.32. The molecular weight excluding hydrogens is 238 g/mol. The van der Waals surface area contributed by atoms with Gasteiger partial charge < -0.3 is 9.64 Å². The summed E-state index contributed by atoms with van der Waals surface area (Å²) in [6, 6.07) is 5.40. The molecule has 1 aromatic rings. The molecule has 1 fully saturated rings. The standard InChI is InChI=1S/C13H16ClNO2/c1-10-8-11(14)4-5-12(10)17-9-13(16)15-6-2-3-7-15/h4-5,8H,2-3,6-7,9H2,1H3. The number of benzene rings is 1. The Morgan fingerprint density at radius 2 is 2.12 bits per heavy atom. The summed E-state index contributed by atoms with van der Waals surface area (Å²) >= 11 is 5.85. The first-order chi connectivity index (χ1) is 8.16. The van der Waals surface area contributed by atoms with E-state index in [1.165, 1.54) is 0 Å². The van der Waals surface area contributed by atoms with Crippen molar-refractivity contribution in [3.8, 4) is 5.75 Å². The molecule has 0 unspecified atom stereocenters. The molecule has 1 aliphatic heterocycles. The van der Waals surface area contributed by atoms with Crippen LogP contribution in [0.1, 0.15) is 18.4 Å². The molecule has 2 rings (SSSR count). The lowest BCUT2D eigenvalue weighted by molar-refractivity contribution is -0.132. The molecule has 0 aliphatic carbocycles. The number of carbonyl (C=O) groups is 1. The van der Waals surface area contributed by atoms with Crippen LogP contribution in [0.2, 0.25) is 5.02 Å². The van der Waals surface area contributed by atoms with E-state index in [1.807, 2.05) is 17.9 Å². The Bertz CT molecular complexity index is 414. The van der Waals surface area contributed by atoms with Crippen LogP contribution in [0.15, 0.2) is 18.2 Å². The van der Waals surface area contributed by atoms with Crippen molar-refractivity contribution in [2.24, 2.45) is 0 Å². The van der Waals surface area contributed by atoms with E-state index >= 15 is 0 Å². The highest BCUT2D eigenvalue weighted by atomic mass is 35.5. The van der Waals surface area contributed by atoms with Crippen LogP contribution in [0.3, 0.4) is 0 Å². The normalized spacial score (nSPS) is 15.1. The SMILES string of the molecule is Cc1cc(Cl)ccc1OCC(=O)N1CCCC1. The van der Waals surface area contributed by atoms with E-state index in [0.29, 0.717) is 5.02 Å². The lowest BCUT2D eigenvalue weighted by Gasteiger charge is -2.16. The highest BCUT2D eigenvalue weighted by molar-refractivity contribution is 6.30. The minimum atomic E-state index is 0.0665. The van der Waals surface area contributed by atoms with Gasteiger partial charge in [0.1, 0.15) is 5.75 Å². The van der Waals surface area contributed by atoms with Gasteiger partial charge in [0, 0.05) is 18.1 Å². The summed E-state index contributed by atoms with van der Waals surface area (Å²) in [6.07, 6.45) is 2.21. The number of halogens is 1. The molecular formula is C13H16ClNO2. The molecule has 1 amide bonds. The fourth-order valence-electron chi connectivity index (χ4n) is 1.97. The first-order valence-corrected chi connectivity index (χ1v) is 6.21. The van der Waals surface area contributed by atoms with Gasteiger partial charge in [-0.25, -0.2) is 0 Å². The van der Waals surface area contributed by atoms with Crippen molar-refractivity contribution >= 4 is 17.5 Å². The Hall–Kier alpha value is -1.22. The van der Waals surface area contributed by atoms with Crippen molar-refractivity contribution in [1.82, 2.24) is 4.90 Å². The zero-order valence-corrected chi connectivity index (χ0v) is 10.7. The lowest BCUT2D eigenvalue weighted by atomic mass is 10.2. The number of amides is 1. The van der Waals surface area contributed by atoms with Crippen molar-refractivity contribution in [3.05, 3.63) is 28.8 Å². The molecule has 1 heterocycles. The predicted octanol–water partition coefficient (Wildman–Crippen LogP) is 2.65. The number of carbonyl (C=O) groups excluding carboxylic acids is 1. The van der Waals surface area contributed by atoms with Gasteiger partial charge in [-0.2, -0.15) is 0 Å². The second kappa shape index (κ2) is 5.41. The largest absolute Gasteiger partial charge is 0.483 e. The summed E-state index contributed by atoms with van der Waals surface area (Å²) in [5.41, 5.74) is 0.951. The summed E-state index contributed by atoms with van der Waals surface area (Å²) < 4.78 is 5.52. The molecule has 0 aromatic heterocycles. The number of ether oxygens (including phenoxy) is 1. The van der Waals surface area contributed by atoms with Crippen LogP contribution >= 0.6 is 11.6 Å². The first-order valence-electron chi connectivity index (χ1n) is 5.83. The zero-order chi connectivity index (χ0) is 12.3. The Kier molecular flexibility index (Phi) is 3.89. The van der Waals surface area contributed by atoms with Crippen molar-refractivity contribution in [1.29, 1.82) is 0 Å². The Balaban J connectivity index is 1.90. The van der Waals surface area contributed by atoms with Gasteiger partial charge in [0.25, 0.3) is 5.91 Å². The zero-order valence-electron chi connectivity index (χ0n) is 9.91. The average molecular weight is 254 g/mol.